The molecule has 0 bridgehead atoms. The minimum Gasteiger partial charge on any atom is -0.330 e. The molecule has 0 aliphatic heterocycles. The lowest BCUT2D eigenvalue weighted by Gasteiger charge is -2.23. The van der Waals surface area contributed by atoms with Crippen LogP contribution in [0.1, 0.15) is 57.6 Å². The van der Waals surface area contributed by atoms with Gasteiger partial charge in [0, 0.05) is 0 Å². The summed E-state index contributed by atoms with van der Waals surface area (Å²) in [5, 5.41) is 0. The predicted molar refractivity (Wildman–Crippen MR) is 80.8 cm³/mol. The highest BCUT2D eigenvalue weighted by Gasteiger charge is 2.16. The van der Waals surface area contributed by atoms with Crippen LogP contribution in [0.15, 0.2) is 24.3 Å². The van der Waals surface area contributed by atoms with Gasteiger partial charge in [0.25, 0.3) is 0 Å². The smallest absolute Gasteiger partial charge is 0.00722 e. The Balaban J connectivity index is 2.43. The van der Waals surface area contributed by atoms with Crippen molar-refractivity contribution < 1.29 is 0 Å². The Kier molecular flexibility index (Phi) is 6.42. The number of rotatable bonds is 8. The van der Waals surface area contributed by atoms with Crippen molar-refractivity contribution in [3.05, 3.63) is 35.4 Å². The molecule has 2 N–H and O–H groups in total. The first-order valence-electron chi connectivity index (χ1n) is 7.35. The Hall–Kier alpha value is -0.820. The minimum atomic E-state index is 0.371. The molecule has 0 radical (unpaired) electrons. The first-order valence-corrected chi connectivity index (χ1v) is 7.35. The van der Waals surface area contributed by atoms with E-state index in [1.807, 2.05) is 0 Å². The zero-order valence-corrected chi connectivity index (χ0v) is 12.3. The van der Waals surface area contributed by atoms with E-state index in [1.165, 1.54) is 43.2 Å². The van der Waals surface area contributed by atoms with E-state index in [2.05, 4.69) is 45.0 Å². The molecule has 18 heavy (non-hydrogen) atoms. The first-order chi connectivity index (χ1) is 8.57. The van der Waals surface area contributed by atoms with Gasteiger partial charge in [-0.15, -0.1) is 0 Å². The van der Waals surface area contributed by atoms with E-state index in [9.17, 15) is 0 Å². The molecule has 1 rings (SSSR count). The molecule has 0 saturated carbocycles. The lowest BCUT2D eigenvalue weighted by Crippen LogP contribution is -2.17. The molecule has 1 aromatic carbocycles. The predicted octanol–water partition coefficient (Wildman–Crippen LogP) is 4.34. The third-order valence-electron chi connectivity index (χ3n) is 3.75. The maximum Gasteiger partial charge on any atom is -0.00722 e. The third kappa shape index (κ3) is 5.68. The summed E-state index contributed by atoms with van der Waals surface area (Å²) >= 11 is 0. The van der Waals surface area contributed by atoms with Crippen molar-refractivity contribution in [3.63, 3.8) is 0 Å². The van der Waals surface area contributed by atoms with E-state index in [0.29, 0.717) is 5.41 Å². The highest BCUT2D eigenvalue weighted by molar-refractivity contribution is 5.22. The summed E-state index contributed by atoms with van der Waals surface area (Å²) in [5.41, 5.74) is 8.95. The lowest BCUT2D eigenvalue weighted by atomic mass is 9.83. The van der Waals surface area contributed by atoms with Gasteiger partial charge in [-0.3, -0.25) is 0 Å². The standard InChI is InChI=1S/C17H29N/c1-4-5-6-15-7-9-16(10-8-15)11-12-17(2,3)13-14-18/h7-10H,4-6,11-14,18H2,1-3H3. The molecular formula is C17H29N. The molecule has 0 aliphatic carbocycles. The van der Waals surface area contributed by atoms with Gasteiger partial charge in [0.05, 0.1) is 0 Å². The maximum atomic E-state index is 5.65. The fraction of sp³-hybridized carbons (Fsp3) is 0.647. The Bertz CT molecular complexity index is 324. The van der Waals surface area contributed by atoms with Crippen LogP contribution in [0.25, 0.3) is 0 Å². The number of unbranched alkanes of at least 4 members (excludes halogenated alkanes) is 1. The SMILES string of the molecule is CCCCc1ccc(CCC(C)(C)CCN)cc1. The van der Waals surface area contributed by atoms with E-state index in [1.54, 1.807) is 0 Å². The fourth-order valence-corrected chi connectivity index (χ4v) is 2.25. The summed E-state index contributed by atoms with van der Waals surface area (Å²) in [5.74, 6) is 0. The molecule has 0 spiro atoms. The summed E-state index contributed by atoms with van der Waals surface area (Å²) in [6.45, 7) is 7.67. The van der Waals surface area contributed by atoms with E-state index >= 15 is 0 Å². The first kappa shape index (κ1) is 15.2. The second-order valence-electron chi connectivity index (χ2n) is 6.12. The lowest BCUT2D eigenvalue weighted by molar-refractivity contribution is 0.313. The van der Waals surface area contributed by atoms with Crippen molar-refractivity contribution in [2.45, 2.75) is 59.3 Å². The van der Waals surface area contributed by atoms with Gasteiger partial charge in [0.15, 0.2) is 0 Å². The van der Waals surface area contributed by atoms with Gasteiger partial charge in [-0.05, 0) is 55.2 Å². The summed E-state index contributed by atoms with van der Waals surface area (Å²) in [7, 11) is 0. The Morgan fingerprint density at radius 1 is 0.944 bits per heavy atom. The van der Waals surface area contributed by atoms with E-state index in [-0.39, 0.29) is 0 Å². The molecule has 0 aromatic heterocycles. The van der Waals surface area contributed by atoms with Crippen LogP contribution in [-0.4, -0.2) is 6.54 Å². The topological polar surface area (TPSA) is 26.0 Å². The fourth-order valence-electron chi connectivity index (χ4n) is 2.25. The molecule has 0 atom stereocenters. The zero-order chi connectivity index (χ0) is 13.4. The van der Waals surface area contributed by atoms with Crippen molar-refractivity contribution in [3.8, 4) is 0 Å². The molecule has 0 saturated heterocycles. The largest absolute Gasteiger partial charge is 0.330 e. The van der Waals surface area contributed by atoms with Gasteiger partial charge in [0.2, 0.25) is 0 Å². The molecule has 0 fully saturated rings. The van der Waals surface area contributed by atoms with E-state index in [4.69, 9.17) is 5.73 Å². The van der Waals surface area contributed by atoms with Gasteiger partial charge in [0.1, 0.15) is 0 Å². The number of aryl methyl sites for hydroxylation is 2. The van der Waals surface area contributed by atoms with Crippen LogP contribution < -0.4 is 5.73 Å². The molecule has 0 aliphatic rings. The van der Waals surface area contributed by atoms with Crippen LogP contribution >= 0.6 is 0 Å². The Labute approximate surface area is 113 Å². The quantitative estimate of drug-likeness (QED) is 0.726. The van der Waals surface area contributed by atoms with Crippen molar-refractivity contribution in [1.82, 2.24) is 0 Å². The van der Waals surface area contributed by atoms with Crippen LogP contribution in [0, 0.1) is 5.41 Å². The second kappa shape index (κ2) is 7.58. The molecule has 1 heteroatoms. The molecule has 1 nitrogen and oxygen atoms in total. The van der Waals surface area contributed by atoms with Crippen LogP contribution in [0.4, 0.5) is 0 Å². The van der Waals surface area contributed by atoms with Gasteiger partial charge >= 0.3 is 0 Å². The molecule has 0 unspecified atom stereocenters. The number of nitrogens with two attached hydrogens (primary N) is 1. The van der Waals surface area contributed by atoms with Crippen molar-refractivity contribution >= 4 is 0 Å². The summed E-state index contributed by atoms with van der Waals surface area (Å²) in [6.07, 6.45) is 7.29. The Morgan fingerprint density at radius 3 is 2.00 bits per heavy atom. The van der Waals surface area contributed by atoms with Gasteiger partial charge in [-0.25, -0.2) is 0 Å². The zero-order valence-electron chi connectivity index (χ0n) is 12.3. The molecule has 0 amide bonds. The summed E-state index contributed by atoms with van der Waals surface area (Å²) in [6, 6.07) is 9.18. The molecule has 0 heterocycles. The average molecular weight is 247 g/mol. The summed E-state index contributed by atoms with van der Waals surface area (Å²) in [4.78, 5) is 0. The molecular weight excluding hydrogens is 218 g/mol. The van der Waals surface area contributed by atoms with E-state index in [0.717, 1.165) is 13.0 Å². The van der Waals surface area contributed by atoms with Gasteiger partial charge < -0.3 is 5.73 Å². The second-order valence-corrected chi connectivity index (χ2v) is 6.12. The van der Waals surface area contributed by atoms with Crippen LogP contribution in [0.5, 0.6) is 0 Å². The highest BCUT2D eigenvalue weighted by atomic mass is 14.5. The van der Waals surface area contributed by atoms with Gasteiger partial charge in [-0.1, -0.05) is 51.5 Å². The maximum absolute atomic E-state index is 5.65. The van der Waals surface area contributed by atoms with Crippen LogP contribution in [0.2, 0.25) is 0 Å². The highest BCUT2D eigenvalue weighted by Crippen LogP contribution is 2.26. The van der Waals surface area contributed by atoms with Crippen LogP contribution in [0.3, 0.4) is 0 Å². The van der Waals surface area contributed by atoms with Crippen LogP contribution in [-0.2, 0) is 12.8 Å². The number of benzene rings is 1. The molecule has 1 aromatic rings. The molecule has 102 valence electrons. The van der Waals surface area contributed by atoms with Crippen molar-refractivity contribution in [1.29, 1.82) is 0 Å². The van der Waals surface area contributed by atoms with Crippen molar-refractivity contribution in [2.24, 2.45) is 11.1 Å². The average Bonchev–Trinajstić information content (AvgIpc) is 2.35. The number of hydrogen-bond acceptors (Lipinski definition) is 1. The minimum absolute atomic E-state index is 0.371. The normalized spacial score (nSPS) is 11.8. The van der Waals surface area contributed by atoms with Crippen molar-refractivity contribution in [2.75, 3.05) is 6.54 Å². The summed E-state index contributed by atoms with van der Waals surface area (Å²) < 4.78 is 0. The van der Waals surface area contributed by atoms with Gasteiger partial charge in [-0.2, -0.15) is 0 Å². The van der Waals surface area contributed by atoms with E-state index < -0.39 is 0 Å². The third-order valence-corrected chi connectivity index (χ3v) is 3.75. The number of hydrogen-bond donors (Lipinski definition) is 1. The monoisotopic (exact) mass is 247 g/mol. The Morgan fingerprint density at radius 2 is 1.50 bits per heavy atom.